The van der Waals surface area contributed by atoms with Crippen LogP contribution in [-0.2, 0) is 25.8 Å². The monoisotopic (exact) mass is 421 g/mol. The van der Waals surface area contributed by atoms with Gasteiger partial charge >= 0.3 is 0 Å². The van der Waals surface area contributed by atoms with Gasteiger partial charge in [0.05, 0.1) is 0 Å². The van der Waals surface area contributed by atoms with Gasteiger partial charge < -0.3 is 21.3 Å². The van der Waals surface area contributed by atoms with Crippen LogP contribution in [0.4, 0.5) is 5.69 Å². The summed E-state index contributed by atoms with van der Waals surface area (Å²) in [4.78, 5) is 6.86. The quantitative estimate of drug-likeness (QED) is 0.710. The number of nitrogens with two attached hydrogens (primary N) is 1. The van der Waals surface area contributed by atoms with Gasteiger partial charge in [-0.1, -0.05) is 18.2 Å². The number of fused-ring (bicyclic) bond motifs is 2. The van der Waals surface area contributed by atoms with E-state index in [1.54, 1.807) is 0 Å². The Morgan fingerprint density at radius 2 is 1.90 bits per heavy atom. The van der Waals surface area contributed by atoms with E-state index in [-0.39, 0.29) is 5.54 Å². The molecule has 4 N–H and O–H groups in total. The number of pyridine rings is 1. The van der Waals surface area contributed by atoms with E-state index < -0.39 is 0 Å². The molecule has 0 bridgehead atoms. The van der Waals surface area contributed by atoms with Crippen molar-refractivity contribution in [1.82, 2.24) is 15.6 Å². The second-order valence-corrected chi connectivity index (χ2v) is 9.71. The van der Waals surface area contributed by atoms with Crippen LogP contribution in [-0.4, -0.2) is 43.2 Å². The Labute approximate surface area is 187 Å². The van der Waals surface area contributed by atoms with Crippen LogP contribution < -0.4 is 21.3 Å². The van der Waals surface area contributed by atoms with E-state index in [4.69, 9.17) is 5.73 Å². The predicted octanol–water partition coefficient (Wildman–Crippen LogP) is 3.20. The third-order valence-corrected chi connectivity index (χ3v) is 7.07. The van der Waals surface area contributed by atoms with Crippen molar-refractivity contribution in [3.63, 3.8) is 0 Å². The molecule has 2 aliphatic heterocycles. The first-order valence-electron chi connectivity index (χ1n) is 12.0. The van der Waals surface area contributed by atoms with Crippen LogP contribution >= 0.6 is 0 Å². The molecule has 1 aliphatic carbocycles. The van der Waals surface area contributed by atoms with Gasteiger partial charge in [-0.3, -0.25) is 4.98 Å². The van der Waals surface area contributed by atoms with E-state index in [0.29, 0.717) is 6.04 Å². The molecule has 5 rings (SSSR count). The van der Waals surface area contributed by atoms with Crippen LogP contribution in [0, 0.1) is 0 Å². The molecule has 31 heavy (non-hydrogen) atoms. The Morgan fingerprint density at radius 1 is 1.13 bits per heavy atom. The predicted molar refractivity (Wildman–Crippen MR) is 130 cm³/mol. The smallest absolute Gasteiger partial charge is 0.0435 e. The van der Waals surface area contributed by atoms with E-state index in [9.17, 15) is 0 Å². The molecule has 0 saturated carbocycles. The molecule has 0 amide bonds. The Bertz CT molecular complexity index is 828. The van der Waals surface area contributed by atoms with Crippen molar-refractivity contribution in [3.05, 3.63) is 58.9 Å². The third kappa shape index (κ3) is 5.65. The molecule has 0 radical (unpaired) electrons. The summed E-state index contributed by atoms with van der Waals surface area (Å²) in [6.07, 6.45) is 10.3. The summed E-state index contributed by atoms with van der Waals surface area (Å²) in [6, 6.07) is 11.5. The molecule has 5 nitrogen and oxygen atoms in total. The normalized spacial score (nSPS) is 22.0. The number of piperidine rings is 1. The summed E-state index contributed by atoms with van der Waals surface area (Å²) in [5, 5.41) is 6.90. The lowest BCUT2D eigenvalue weighted by Gasteiger charge is -2.40. The summed E-state index contributed by atoms with van der Waals surface area (Å²) in [7, 11) is 2.02. The molecular formula is C26H39N5. The SMILES string of the molecule is CNCC1Cc2c(cccc2N2CCC(C)(N)CC2)CN1.c1cnc2c(c1)CCCC2. The van der Waals surface area contributed by atoms with Gasteiger partial charge in [-0.2, -0.15) is 0 Å². The molecule has 3 aliphatic rings. The fourth-order valence-electron chi connectivity index (χ4n) is 5.07. The van der Waals surface area contributed by atoms with Crippen molar-refractivity contribution in [2.75, 3.05) is 31.6 Å². The third-order valence-electron chi connectivity index (χ3n) is 7.07. The Balaban J connectivity index is 0.000000192. The van der Waals surface area contributed by atoms with E-state index in [2.05, 4.69) is 51.7 Å². The van der Waals surface area contributed by atoms with Gasteiger partial charge in [0, 0.05) is 55.3 Å². The van der Waals surface area contributed by atoms with Gasteiger partial charge in [0.15, 0.2) is 0 Å². The maximum Gasteiger partial charge on any atom is 0.0435 e. The van der Waals surface area contributed by atoms with Crippen molar-refractivity contribution in [3.8, 4) is 0 Å². The van der Waals surface area contributed by atoms with Gasteiger partial charge in [0.1, 0.15) is 0 Å². The number of aryl methyl sites for hydroxylation is 2. The summed E-state index contributed by atoms with van der Waals surface area (Å²) in [6.45, 7) is 6.34. The summed E-state index contributed by atoms with van der Waals surface area (Å²) < 4.78 is 0. The van der Waals surface area contributed by atoms with Gasteiger partial charge in [-0.25, -0.2) is 0 Å². The fraction of sp³-hybridized carbons (Fsp3) is 0.577. The largest absolute Gasteiger partial charge is 0.371 e. The minimum Gasteiger partial charge on any atom is -0.371 e. The average molecular weight is 422 g/mol. The Hall–Kier alpha value is -1.95. The van der Waals surface area contributed by atoms with E-state index in [1.165, 1.54) is 53.8 Å². The van der Waals surface area contributed by atoms with Crippen LogP contribution in [0.2, 0.25) is 0 Å². The highest BCUT2D eigenvalue weighted by Crippen LogP contribution is 2.31. The van der Waals surface area contributed by atoms with Crippen molar-refractivity contribution in [2.45, 2.75) is 70.0 Å². The van der Waals surface area contributed by atoms with Crippen LogP contribution in [0.25, 0.3) is 0 Å². The van der Waals surface area contributed by atoms with Crippen molar-refractivity contribution in [2.24, 2.45) is 5.73 Å². The molecule has 5 heteroatoms. The topological polar surface area (TPSA) is 66.2 Å². The summed E-state index contributed by atoms with van der Waals surface area (Å²) in [5.41, 5.74) is 13.5. The van der Waals surface area contributed by atoms with Crippen LogP contribution in [0.3, 0.4) is 0 Å². The van der Waals surface area contributed by atoms with Crippen LogP contribution in [0.1, 0.15) is 55.0 Å². The first kappa shape index (κ1) is 22.3. The molecule has 1 atom stereocenters. The molecule has 3 heterocycles. The number of anilines is 1. The molecule has 1 unspecified atom stereocenters. The van der Waals surface area contributed by atoms with E-state index in [1.807, 2.05) is 19.3 Å². The van der Waals surface area contributed by atoms with Gasteiger partial charge in [-0.05, 0) is 87.7 Å². The average Bonchev–Trinajstić information content (AvgIpc) is 2.80. The lowest BCUT2D eigenvalue weighted by molar-refractivity contribution is 0.363. The van der Waals surface area contributed by atoms with E-state index >= 15 is 0 Å². The highest BCUT2D eigenvalue weighted by Gasteiger charge is 2.28. The molecule has 168 valence electrons. The number of hydrogen-bond acceptors (Lipinski definition) is 5. The first-order valence-corrected chi connectivity index (χ1v) is 12.0. The zero-order valence-corrected chi connectivity index (χ0v) is 19.3. The molecule has 1 aromatic carbocycles. The Kier molecular flexibility index (Phi) is 7.26. The minimum atomic E-state index is 0.0154. The fourth-order valence-corrected chi connectivity index (χ4v) is 5.07. The molecule has 1 aromatic heterocycles. The number of benzene rings is 1. The molecule has 1 saturated heterocycles. The summed E-state index contributed by atoms with van der Waals surface area (Å²) >= 11 is 0. The Morgan fingerprint density at radius 3 is 2.68 bits per heavy atom. The number of aromatic nitrogens is 1. The van der Waals surface area contributed by atoms with Crippen molar-refractivity contribution in [1.29, 1.82) is 0 Å². The molecule has 1 fully saturated rings. The van der Waals surface area contributed by atoms with E-state index in [0.717, 1.165) is 45.4 Å². The maximum absolute atomic E-state index is 6.27. The molecule has 2 aromatic rings. The van der Waals surface area contributed by atoms with Crippen molar-refractivity contribution < 1.29 is 0 Å². The maximum atomic E-state index is 6.27. The first-order chi connectivity index (χ1) is 15.1. The zero-order valence-electron chi connectivity index (χ0n) is 19.3. The van der Waals surface area contributed by atoms with Crippen LogP contribution in [0.5, 0.6) is 0 Å². The van der Waals surface area contributed by atoms with Gasteiger partial charge in [-0.15, -0.1) is 0 Å². The number of likely N-dealkylation sites (N-methyl/N-ethyl adjacent to an activating group) is 1. The molecule has 0 spiro atoms. The van der Waals surface area contributed by atoms with Gasteiger partial charge in [0.2, 0.25) is 0 Å². The number of rotatable bonds is 3. The highest BCUT2D eigenvalue weighted by atomic mass is 15.1. The highest BCUT2D eigenvalue weighted by molar-refractivity contribution is 5.58. The second kappa shape index (κ2) is 10.1. The number of nitrogens with zero attached hydrogens (tertiary/aromatic N) is 2. The minimum absolute atomic E-state index is 0.0154. The summed E-state index contributed by atoms with van der Waals surface area (Å²) in [5.74, 6) is 0. The second-order valence-electron chi connectivity index (χ2n) is 9.71. The number of nitrogens with one attached hydrogen (secondary N) is 2. The zero-order chi connectivity index (χ0) is 21.7. The lowest BCUT2D eigenvalue weighted by Crippen LogP contribution is -2.49. The van der Waals surface area contributed by atoms with Crippen molar-refractivity contribution >= 4 is 5.69 Å². The standard InChI is InChI=1S/C17H28N4.C9H11N/c1-17(18)6-8-21(9-7-17)16-5-3-4-13-11-20-14(12-19-2)10-15(13)16;1-2-6-9-8(4-1)5-3-7-10-9/h3-5,14,19-20H,6-12,18H2,1-2H3;3,5,7H,1-2,4,6H2. The van der Waals surface area contributed by atoms with Crippen LogP contribution in [0.15, 0.2) is 36.5 Å². The molecular weight excluding hydrogens is 382 g/mol. The van der Waals surface area contributed by atoms with Gasteiger partial charge in [0.25, 0.3) is 0 Å². The number of hydrogen-bond donors (Lipinski definition) is 3. The lowest BCUT2D eigenvalue weighted by atomic mass is 9.88.